The van der Waals surface area contributed by atoms with Crippen LogP contribution < -0.4 is 4.74 Å². The quantitative estimate of drug-likeness (QED) is 0.878. The van der Waals surface area contributed by atoms with E-state index in [9.17, 15) is 9.90 Å². The van der Waals surface area contributed by atoms with Crippen LogP contribution in [0.4, 0.5) is 4.79 Å². The lowest BCUT2D eigenvalue weighted by Crippen LogP contribution is -2.42. The number of fused-ring (bicyclic) bond motifs is 1. The molecule has 0 bridgehead atoms. The maximum Gasteiger partial charge on any atom is 0.417 e. The number of aliphatic hydroxyl groups is 1. The van der Waals surface area contributed by atoms with E-state index >= 15 is 0 Å². The Morgan fingerprint density at radius 3 is 2.83 bits per heavy atom. The van der Waals surface area contributed by atoms with Gasteiger partial charge in [-0.1, -0.05) is 18.2 Å². The molecule has 1 aliphatic heterocycles. The van der Waals surface area contributed by atoms with Crippen LogP contribution in [0.25, 0.3) is 0 Å². The molecule has 5 heteroatoms. The number of hydrogen-bond donors (Lipinski definition) is 1. The number of para-hydroxylation sites is 1. The number of ether oxygens (including phenoxy) is 1. The Kier molecular flexibility index (Phi) is 3.84. The Bertz CT molecular complexity index is 434. The predicted molar refractivity (Wildman–Crippen MR) is 67.3 cm³/mol. The van der Waals surface area contributed by atoms with Crippen LogP contribution in [0.2, 0.25) is 0 Å². The highest BCUT2D eigenvalue weighted by Crippen LogP contribution is 2.32. The summed E-state index contributed by atoms with van der Waals surface area (Å²) in [5, 5.41) is 10.2. The molecule has 2 rings (SSSR count). The standard InChI is InChI=1S/C13H18N2O3/c1-14(2)8-5-9-15-12(16)10-6-3-4-7-11(10)18-13(15)17/h3-4,6-7,12,16H,5,8-9H2,1-2H3. The molecule has 0 saturated heterocycles. The van der Waals surface area contributed by atoms with Gasteiger partial charge in [-0.2, -0.15) is 0 Å². The summed E-state index contributed by atoms with van der Waals surface area (Å²) in [4.78, 5) is 15.2. The van der Waals surface area contributed by atoms with E-state index in [2.05, 4.69) is 0 Å². The second kappa shape index (κ2) is 5.37. The van der Waals surface area contributed by atoms with Gasteiger partial charge >= 0.3 is 6.09 Å². The van der Waals surface area contributed by atoms with Crippen molar-refractivity contribution in [2.75, 3.05) is 27.2 Å². The van der Waals surface area contributed by atoms with Crippen LogP contribution in [-0.4, -0.2) is 48.2 Å². The van der Waals surface area contributed by atoms with Gasteiger partial charge in [-0.05, 0) is 33.1 Å². The Labute approximate surface area is 107 Å². The lowest BCUT2D eigenvalue weighted by atomic mass is 10.1. The molecule has 1 unspecified atom stereocenters. The molecule has 5 nitrogen and oxygen atoms in total. The lowest BCUT2D eigenvalue weighted by molar-refractivity contribution is -0.00170. The first-order chi connectivity index (χ1) is 8.59. The summed E-state index contributed by atoms with van der Waals surface area (Å²) in [5.41, 5.74) is 0.641. The second-order valence-electron chi connectivity index (χ2n) is 4.63. The second-order valence-corrected chi connectivity index (χ2v) is 4.63. The summed E-state index contributed by atoms with van der Waals surface area (Å²) < 4.78 is 5.19. The van der Waals surface area contributed by atoms with Crippen LogP contribution in [-0.2, 0) is 0 Å². The van der Waals surface area contributed by atoms with Crippen LogP contribution in [0, 0.1) is 0 Å². The molecule has 0 saturated carbocycles. The van der Waals surface area contributed by atoms with E-state index in [1.54, 1.807) is 18.2 Å². The SMILES string of the molecule is CN(C)CCCN1C(=O)Oc2ccccc2C1O. The number of benzene rings is 1. The summed E-state index contributed by atoms with van der Waals surface area (Å²) in [7, 11) is 3.94. The topological polar surface area (TPSA) is 53.0 Å². The maximum absolute atomic E-state index is 11.8. The highest BCUT2D eigenvalue weighted by atomic mass is 16.6. The number of rotatable bonds is 4. The molecule has 0 aromatic heterocycles. The zero-order valence-corrected chi connectivity index (χ0v) is 10.7. The third-order valence-corrected chi connectivity index (χ3v) is 2.93. The van der Waals surface area contributed by atoms with Crippen LogP contribution in [0.3, 0.4) is 0 Å². The largest absolute Gasteiger partial charge is 0.417 e. The minimum absolute atomic E-state index is 0.443. The van der Waals surface area contributed by atoms with Crippen LogP contribution in [0.5, 0.6) is 5.75 Å². The van der Waals surface area contributed by atoms with Gasteiger partial charge < -0.3 is 14.7 Å². The van der Waals surface area contributed by atoms with E-state index in [-0.39, 0.29) is 0 Å². The summed E-state index contributed by atoms with van der Waals surface area (Å²) in [5.74, 6) is 0.443. The highest BCUT2D eigenvalue weighted by Gasteiger charge is 2.32. The van der Waals surface area contributed by atoms with E-state index in [4.69, 9.17) is 4.74 Å². The molecule has 0 spiro atoms. The van der Waals surface area contributed by atoms with E-state index in [0.717, 1.165) is 13.0 Å². The Balaban J connectivity index is 2.07. The molecule has 1 aliphatic rings. The number of carbonyl (C=O) groups excluding carboxylic acids is 1. The number of aliphatic hydroxyl groups excluding tert-OH is 1. The zero-order chi connectivity index (χ0) is 13.1. The summed E-state index contributed by atoms with van der Waals surface area (Å²) in [6.45, 7) is 1.34. The van der Waals surface area contributed by atoms with Crippen molar-refractivity contribution in [2.45, 2.75) is 12.6 Å². The average molecular weight is 250 g/mol. The summed E-state index contributed by atoms with van der Waals surface area (Å²) in [6.07, 6.45) is -0.606. The van der Waals surface area contributed by atoms with Gasteiger partial charge in [0.2, 0.25) is 0 Å². The van der Waals surface area contributed by atoms with Crippen LogP contribution in [0.15, 0.2) is 24.3 Å². The molecule has 98 valence electrons. The van der Waals surface area contributed by atoms with E-state index < -0.39 is 12.3 Å². The molecule has 1 N–H and O–H groups in total. The fourth-order valence-electron chi connectivity index (χ4n) is 1.98. The van der Waals surface area contributed by atoms with Gasteiger partial charge in [0.25, 0.3) is 0 Å². The van der Waals surface area contributed by atoms with Gasteiger partial charge in [-0.25, -0.2) is 4.79 Å². The molecule has 0 radical (unpaired) electrons. The number of carbonyl (C=O) groups is 1. The number of nitrogens with zero attached hydrogens (tertiary/aromatic N) is 2. The van der Waals surface area contributed by atoms with Gasteiger partial charge in [-0.3, -0.25) is 4.90 Å². The molecule has 0 aliphatic carbocycles. The van der Waals surface area contributed by atoms with Crippen molar-refractivity contribution in [3.63, 3.8) is 0 Å². The fourth-order valence-corrected chi connectivity index (χ4v) is 1.98. The van der Waals surface area contributed by atoms with Crippen LogP contribution >= 0.6 is 0 Å². The number of amides is 1. The smallest absolute Gasteiger partial charge is 0.410 e. The molecular formula is C13H18N2O3. The molecule has 1 aromatic carbocycles. The molecule has 0 fully saturated rings. The van der Waals surface area contributed by atoms with E-state index in [0.29, 0.717) is 17.9 Å². The monoisotopic (exact) mass is 250 g/mol. The van der Waals surface area contributed by atoms with E-state index in [1.807, 2.05) is 25.1 Å². The normalized spacial score (nSPS) is 18.8. The highest BCUT2D eigenvalue weighted by molar-refractivity contribution is 5.74. The molecular weight excluding hydrogens is 232 g/mol. The number of hydrogen-bond acceptors (Lipinski definition) is 4. The van der Waals surface area contributed by atoms with Crippen molar-refractivity contribution in [2.24, 2.45) is 0 Å². The van der Waals surface area contributed by atoms with Crippen molar-refractivity contribution in [1.82, 2.24) is 9.80 Å². The Morgan fingerprint density at radius 1 is 1.39 bits per heavy atom. The molecule has 18 heavy (non-hydrogen) atoms. The minimum Gasteiger partial charge on any atom is -0.410 e. The van der Waals surface area contributed by atoms with Gasteiger partial charge in [0.05, 0.1) is 0 Å². The fraction of sp³-hybridized carbons (Fsp3) is 0.462. The summed E-state index contributed by atoms with van der Waals surface area (Å²) in [6, 6.07) is 7.05. The molecule has 1 heterocycles. The average Bonchev–Trinajstić information content (AvgIpc) is 2.33. The first-order valence-corrected chi connectivity index (χ1v) is 6.00. The van der Waals surface area contributed by atoms with Crippen molar-refractivity contribution >= 4 is 6.09 Å². The third kappa shape index (κ3) is 2.63. The van der Waals surface area contributed by atoms with Gasteiger partial charge in [0.1, 0.15) is 5.75 Å². The van der Waals surface area contributed by atoms with Gasteiger partial charge in [-0.15, -0.1) is 0 Å². The maximum atomic E-state index is 11.8. The van der Waals surface area contributed by atoms with Crippen molar-refractivity contribution in [1.29, 1.82) is 0 Å². The molecule has 1 amide bonds. The zero-order valence-electron chi connectivity index (χ0n) is 10.7. The Morgan fingerprint density at radius 2 is 2.11 bits per heavy atom. The predicted octanol–water partition coefficient (Wildman–Crippen LogP) is 1.44. The van der Waals surface area contributed by atoms with E-state index in [1.165, 1.54) is 4.90 Å². The van der Waals surface area contributed by atoms with Gasteiger partial charge in [0, 0.05) is 12.1 Å². The first-order valence-electron chi connectivity index (χ1n) is 6.00. The first kappa shape index (κ1) is 12.9. The van der Waals surface area contributed by atoms with Crippen LogP contribution in [0.1, 0.15) is 18.2 Å². The Hall–Kier alpha value is -1.59. The summed E-state index contributed by atoms with van der Waals surface area (Å²) >= 11 is 0. The third-order valence-electron chi connectivity index (χ3n) is 2.93. The molecule has 1 atom stereocenters. The van der Waals surface area contributed by atoms with Crippen molar-refractivity contribution < 1.29 is 14.6 Å². The lowest BCUT2D eigenvalue weighted by Gasteiger charge is -2.32. The minimum atomic E-state index is -0.912. The van der Waals surface area contributed by atoms with Gasteiger partial charge in [0.15, 0.2) is 6.23 Å². The molecule has 1 aromatic rings. The van der Waals surface area contributed by atoms with Crippen molar-refractivity contribution in [3.8, 4) is 5.75 Å². The van der Waals surface area contributed by atoms with Crippen molar-refractivity contribution in [3.05, 3.63) is 29.8 Å².